The Labute approximate surface area is 147 Å². The van der Waals surface area contributed by atoms with Gasteiger partial charge in [0.05, 0.1) is 29.0 Å². The van der Waals surface area contributed by atoms with Crippen LogP contribution in [0.5, 0.6) is 0 Å². The van der Waals surface area contributed by atoms with Crippen LogP contribution in [0.15, 0.2) is 24.3 Å². The first kappa shape index (κ1) is 19.2. The number of para-hydroxylation sites is 1. The zero-order valence-corrected chi connectivity index (χ0v) is 15.3. The van der Waals surface area contributed by atoms with Crippen molar-refractivity contribution in [2.24, 2.45) is 0 Å². The predicted octanol–water partition coefficient (Wildman–Crippen LogP) is 0.0177. The third-order valence-electron chi connectivity index (χ3n) is 3.83. The molecule has 0 saturated carbocycles. The van der Waals surface area contributed by atoms with Gasteiger partial charge in [0.1, 0.15) is 6.07 Å². The zero-order valence-electron chi connectivity index (χ0n) is 13.7. The van der Waals surface area contributed by atoms with Crippen molar-refractivity contribution in [3.05, 3.63) is 29.8 Å². The van der Waals surface area contributed by atoms with Gasteiger partial charge in [0.15, 0.2) is 9.84 Å². The summed E-state index contributed by atoms with van der Waals surface area (Å²) in [4.78, 5) is 12.0. The third-order valence-corrected chi connectivity index (χ3v) is 6.78. The van der Waals surface area contributed by atoms with Crippen molar-refractivity contribution in [3.63, 3.8) is 0 Å². The highest BCUT2D eigenvalue weighted by Gasteiger charge is 2.29. The van der Waals surface area contributed by atoms with Crippen LogP contribution in [-0.4, -0.2) is 53.1 Å². The van der Waals surface area contributed by atoms with E-state index >= 15 is 0 Å². The van der Waals surface area contributed by atoms with E-state index in [4.69, 9.17) is 5.26 Å². The van der Waals surface area contributed by atoms with E-state index in [9.17, 15) is 21.6 Å². The van der Waals surface area contributed by atoms with Gasteiger partial charge in [-0.25, -0.2) is 16.8 Å². The van der Waals surface area contributed by atoms with Crippen molar-refractivity contribution in [2.45, 2.75) is 18.9 Å². The number of benzene rings is 1. The highest BCUT2D eigenvalue weighted by molar-refractivity contribution is 7.92. The predicted molar refractivity (Wildman–Crippen MR) is 93.2 cm³/mol. The van der Waals surface area contributed by atoms with Gasteiger partial charge in [-0.2, -0.15) is 5.26 Å². The molecule has 2 rings (SSSR count). The molecule has 0 spiro atoms. The highest BCUT2D eigenvalue weighted by Crippen LogP contribution is 2.22. The summed E-state index contributed by atoms with van der Waals surface area (Å²) < 4.78 is 47.9. The van der Waals surface area contributed by atoms with Gasteiger partial charge < -0.3 is 5.32 Å². The number of amides is 1. The minimum atomic E-state index is -3.69. The number of rotatable bonds is 6. The van der Waals surface area contributed by atoms with Crippen molar-refractivity contribution in [2.75, 3.05) is 28.6 Å². The molecule has 10 heteroatoms. The standard InChI is InChI=1S/C15H19N3O5S2/c1-24(20,21)18(14-5-3-2-4-12(14)10-16)8-6-15(19)17-13-7-9-25(22,23)11-13/h2-5,13H,6-9,11H2,1H3,(H,17,19). The van der Waals surface area contributed by atoms with Crippen LogP contribution in [-0.2, 0) is 24.7 Å². The fraction of sp³-hybridized carbons (Fsp3) is 0.467. The number of carbonyl (C=O) groups excluding carboxylic acids is 1. The smallest absolute Gasteiger partial charge is 0.232 e. The molecule has 25 heavy (non-hydrogen) atoms. The summed E-state index contributed by atoms with van der Waals surface area (Å²) >= 11 is 0. The molecule has 0 bridgehead atoms. The number of hydrogen-bond acceptors (Lipinski definition) is 6. The maximum atomic E-state index is 12.0. The SMILES string of the molecule is CS(=O)(=O)N(CCC(=O)NC1CCS(=O)(=O)C1)c1ccccc1C#N. The van der Waals surface area contributed by atoms with Gasteiger partial charge >= 0.3 is 0 Å². The molecule has 1 fully saturated rings. The first-order valence-electron chi connectivity index (χ1n) is 7.59. The van der Waals surface area contributed by atoms with Gasteiger partial charge in [-0.05, 0) is 18.6 Å². The zero-order chi connectivity index (χ0) is 18.7. The molecule has 0 radical (unpaired) electrons. The van der Waals surface area contributed by atoms with Crippen LogP contribution < -0.4 is 9.62 Å². The van der Waals surface area contributed by atoms with Crippen LogP contribution in [0.2, 0.25) is 0 Å². The molecule has 1 amide bonds. The fourth-order valence-corrected chi connectivity index (χ4v) is 5.28. The molecule has 0 aliphatic carbocycles. The van der Waals surface area contributed by atoms with Crippen LogP contribution in [0.25, 0.3) is 0 Å². The van der Waals surface area contributed by atoms with Crippen molar-refractivity contribution >= 4 is 31.5 Å². The largest absolute Gasteiger partial charge is 0.352 e. The summed E-state index contributed by atoms with van der Waals surface area (Å²) in [6.07, 6.45) is 1.23. The Kier molecular flexibility index (Phi) is 5.69. The number of nitrogens with zero attached hydrogens (tertiary/aromatic N) is 2. The van der Waals surface area contributed by atoms with E-state index < -0.39 is 31.8 Å². The molecule has 1 unspecified atom stereocenters. The van der Waals surface area contributed by atoms with Gasteiger partial charge in [-0.3, -0.25) is 9.10 Å². The summed E-state index contributed by atoms with van der Waals surface area (Å²) in [7, 11) is -6.79. The van der Waals surface area contributed by atoms with Gasteiger partial charge in [0, 0.05) is 19.0 Å². The van der Waals surface area contributed by atoms with E-state index in [1.54, 1.807) is 12.1 Å². The van der Waals surface area contributed by atoms with Gasteiger partial charge in [-0.1, -0.05) is 12.1 Å². The molecule has 1 aromatic carbocycles. The van der Waals surface area contributed by atoms with Crippen LogP contribution in [0, 0.1) is 11.3 Å². The maximum Gasteiger partial charge on any atom is 0.232 e. The molecule has 8 nitrogen and oxygen atoms in total. The van der Waals surface area contributed by atoms with Gasteiger partial charge in [0.2, 0.25) is 15.9 Å². The lowest BCUT2D eigenvalue weighted by molar-refractivity contribution is -0.121. The molecule has 1 aromatic rings. The van der Waals surface area contributed by atoms with Crippen molar-refractivity contribution in [1.29, 1.82) is 5.26 Å². The molecule has 1 heterocycles. The van der Waals surface area contributed by atoms with E-state index in [0.717, 1.165) is 10.6 Å². The molecular weight excluding hydrogens is 366 g/mol. The summed E-state index contributed by atoms with van der Waals surface area (Å²) in [6.45, 7) is -0.136. The average molecular weight is 385 g/mol. The molecule has 1 N–H and O–H groups in total. The Morgan fingerprint density at radius 3 is 2.64 bits per heavy atom. The number of sulfone groups is 1. The molecule has 1 aliphatic heterocycles. The minimum absolute atomic E-state index is 0.0446. The van der Waals surface area contributed by atoms with Gasteiger partial charge in [0.25, 0.3) is 0 Å². The first-order valence-corrected chi connectivity index (χ1v) is 11.3. The molecule has 1 aliphatic rings. The average Bonchev–Trinajstić information content (AvgIpc) is 2.85. The minimum Gasteiger partial charge on any atom is -0.352 e. The number of nitrogens with one attached hydrogen (secondary N) is 1. The normalized spacial score (nSPS) is 19.1. The number of anilines is 1. The van der Waals surface area contributed by atoms with E-state index in [1.807, 2.05) is 6.07 Å². The molecule has 1 saturated heterocycles. The number of hydrogen-bond donors (Lipinski definition) is 1. The lowest BCUT2D eigenvalue weighted by Gasteiger charge is -2.23. The number of carbonyl (C=O) groups is 1. The van der Waals surface area contributed by atoms with Crippen LogP contribution in [0.4, 0.5) is 5.69 Å². The number of sulfonamides is 1. The Morgan fingerprint density at radius 2 is 2.08 bits per heavy atom. The van der Waals surface area contributed by atoms with Crippen molar-refractivity contribution < 1.29 is 21.6 Å². The van der Waals surface area contributed by atoms with Gasteiger partial charge in [-0.15, -0.1) is 0 Å². The van der Waals surface area contributed by atoms with E-state index in [2.05, 4.69) is 5.32 Å². The Hall–Kier alpha value is -2.12. The maximum absolute atomic E-state index is 12.0. The lowest BCUT2D eigenvalue weighted by Crippen LogP contribution is -2.39. The van der Waals surface area contributed by atoms with Crippen molar-refractivity contribution in [1.82, 2.24) is 5.32 Å². The van der Waals surface area contributed by atoms with E-state index in [1.165, 1.54) is 12.1 Å². The molecule has 1 atom stereocenters. The van der Waals surface area contributed by atoms with Crippen LogP contribution >= 0.6 is 0 Å². The summed E-state index contributed by atoms with van der Waals surface area (Å²) in [5.41, 5.74) is 0.402. The molecular formula is C15H19N3O5S2. The quantitative estimate of drug-likeness (QED) is 0.736. The third kappa shape index (κ3) is 5.17. The Morgan fingerprint density at radius 1 is 1.40 bits per heavy atom. The van der Waals surface area contributed by atoms with Crippen molar-refractivity contribution in [3.8, 4) is 6.07 Å². The second-order valence-corrected chi connectivity index (χ2v) is 10.0. The van der Waals surface area contributed by atoms with Crippen LogP contribution in [0.1, 0.15) is 18.4 Å². The van der Waals surface area contributed by atoms with E-state index in [0.29, 0.717) is 6.42 Å². The topological polar surface area (TPSA) is 124 Å². The second-order valence-electron chi connectivity index (χ2n) is 5.88. The summed E-state index contributed by atoms with van der Waals surface area (Å²) in [6, 6.07) is 7.72. The second kappa shape index (κ2) is 7.41. The highest BCUT2D eigenvalue weighted by atomic mass is 32.2. The number of nitriles is 1. The fourth-order valence-electron chi connectivity index (χ4n) is 2.66. The summed E-state index contributed by atoms with van der Waals surface area (Å²) in [5.74, 6) is -0.473. The van der Waals surface area contributed by atoms with E-state index in [-0.39, 0.29) is 35.7 Å². The molecule has 136 valence electrons. The Bertz CT molecular complexity index is 903. The summed E-state index contributed by atoms with van der Waals surface area (Å²) in [5, 5.41) is 11.8. The van der Waals surface area contributed by atoms with Crippen LogP contribution in [0.3, 0.4) is 0 Å². The first-order chi connectivity index (χ1) is 11.6. The Balaban J connectivity index is 2.07. The lowest BCUT2D eigenvalue weighted by atomic mass is 10.2. The molecule has 0 aromatic heterocycles. The monoisotopic (exact) mass is 385 g/mol.